The number of rotatable bonds is 5. The quantitative estimate of drug-likeness (QED) is 0.798. The first-order valence-electron chi connectivity index (χ1n) is 6.25. The number of hydrogen-bond acceptors (Lipinski definition) is 3. The molecule has 4 nitrogen and oxygen atoms in total. The molecule has 7 heteroatoms. The molecular weight excluding hydrogens is 376 g/mol. The molecule has 21 heavy (non-hydrogen) atoms. The van der Waals surface area contributed by atoms with E-state index in [1.807, 2.05) is 31.2 Å². The van der Waals surface area contributed by atoms with Crippen LogP contribution in [0.1, 0.15) is 11.1 Å². The molecule has 0 unspecified atom stereocenters. The van der Waals surface area contributed by atoms with Gasteiger partial charge in [0.15, 0.2) is 0 Å². The molecule has 0 amide bonds. The third kappa shape index (κ3) is 4.26. The van der Waals surface area contributed by atoms with E-state index >= 15 is 0 Å². The van der Waals surface area contributed by atoms with Gasteiger partial charge >= 0.3 is 0 Å². The van der Waals surface area contributed by atoms with Gasteiger partial charge in [-0.15, -0.1) is 0 Å². The molecule has 0 bridgehead atoms. The molecule has 0 radical (unpaired) electrons. The Morgan fingerprint density at radius 1 is 1.33 bits per heavy atom. The smallest absolute Gasteiger partial charge is 0.242 e. The number of benzene rings is 1. The first-order valence-corrected chi connectivity index (χ1v) is 8.91. The van der Waals surface area contributed by atoms with Crippen molar-refractivity contribution in [3.8, 4) is 0 Å². The molecule has 0 fully saturated rings. The monoisotopic (exact) mass is 388 g/mol. The number of hydrogen-bond donors (Lipinski definition) is 1. The Bertz CT molecular complexity index is 750. The summed E-state index contributed by atoms with van der Waals surface area (Å²) in [7, 11) is -3.67. The van der Waals surface area contributed by atoms with Gasteiger partial charge in [0.05, 0.1) is 0 Å². The van der Waals surface area contributed by atoms with Gasteiger partial charge in [-0.25, -0.2) is 18.1 Å². The lowest BCUT2D eigenvalue weighted by Crippen LogP contribution is -2.26. The maximum absolute atomic E-state index is 12.2. The van der Waals surface area contributed by atoms with E-state index in [0.29, 0.717) is 17.4 Å². The van der Waals surface area contributed by atoms with E-state index < -0.39 is 10.0 Å². The molecular formula is C14H14BrClN2O2S. The minimum atomic E-state index is -3.67. The number of halogens is 2. The van der Waals surface area contributed by atoms with Crippen molar-refractivity contribution in [2.45, 2.75) is 18.2 Å². The molecule has 1 aromatic carbocycles. The van der Waals surface area contributed by atoms with Crippen molar-refractivity contribution >= 4 is 37.6 Å². The van der Waals surface area contributed by atoms with Gasteiger partial charge in [0.25, 0.3) is 0 Å². The van der Waals surface area contributed by atoms with E-state index in [-0.39, 0.29) is 10.0 Å². The van der Waals surface area contributed by atoms with Crippen LogP contribution in [0.2, 0.25) is 5.15 Å². The summed E-state index contributed by atoms with van der Waals surface area (Å²) in [6.07, 6.45) is 2.07. The lowest BCUT2D eigenvalue weighted by atomic mass is 10.1. The Kier molecular flexibility index (Phi) is 5.37. The highest BCUT2D eigenvalue weighted by Crippen LogP contribution is 2.22. The Morgan fingerprint density at radius 3 is 2.76 bits per heavy atom. The van der Waals surface area contributed by atoms with E-state index in [1.54, 1.807) is 0 Å². The van der Waals surface area contributed by atoms with Crippen molar-refractivity contribution in [3.05, 3.63) is 57.3 Å². The molecule has 0 aliphatic carbocycles. The summed E-state index contributed by atoms with van der Waals surface area (Å²) in [4.78, 5) is 3.80. The number of aryl methyl sites for hydroxylation is 1. The fourth-order valence-electron chi connectivity index (χ4n) is 1.88. The Hall–Kier alpha value is -0.950. The van der Waals surface area contributed by atoms with Crippen LogP contribution < -0.4 is 4.72 Å². The van der Waals surface area contributed by atoms with Gasteiger partial charge < -0.3 is 0 Å². The minimum absolute atomic E-state index is 0.0247. The number of nitrogens with one attached hydrogen (secondary N) is 1. The molecule has 0 spiro atoms. The minimum Gasteiger partial charge on any atom is -0.242 e. The predicted octanol–water partition coefficient (Wildman–Crippen LogP) is 3.33. The number of pyridine rings is 1. The zero-order chi connectivity index (χ0) is 15.5. The summed E-state index contributed by atoms with van der Waals surface area (Å²) in [5.74, 6) is 0. The second-order valence-corrected chi connectivity index (χ2v) is 7.53. The van der Waals surface area contributed by atoms with Gasteiger partial charge in [-0.05, 0) is 46.5 Å². The lowest BCUT2D eigenvalue weighted by Gasteiger charge is -2.09. The van der Waals surface area contributed by atoms with Gasteiger partial charge in [0, 0.05) is 17.2 Å². The molecule has 2 aromatic rings. The van der Waals surface area contributed by atoms with Crippen LogP contribution in [0.15, 0.2) is 45.9 Å². The van der Waals surface area contributed by atoms with E-state index in [0.717, 1.165) is 11.1 Å². The molecule has 1 N–H and O–H groups in total. The van der Waals surface area contributed by atoms with Crippen molar-refractivity contribution < 1.29 is 8.42 Å². The maximum atomic E-state index is 12.2. The highest BCUT2D eigenvalue weighted by Gasteiger charge is 2.18. The summed E-state index contributed by atoms with van der Waals surface area (Å²) < 4.78 is 27.6. The maximum Gasteiger partial charge on any atom is 0.243 e. The SMILES string of the molecule is Cc1ccccc1CCNS(=O)(=O)c1cc(Br)cnc1Cl. The van der Waals surface area contributed by atoms with Crippen molar-refractivity contribution in [2.75, 3.05) is 6.54 Å². The van der Waals surface area contributed by atoms with Crippen LogP contribution in [-0.4, -0.2) is 19.9 Å². The highest BCUT2D eigenvalue weighted by molar-refractivity contribution is 9.10. The van der Waals surface area contributed by atoms with Gasteiger partial charge in [-0.3, -0.25) is 0 Å². The van der Waals surface area contributed by atoms with Crippen LogP contribution in [0.25, 0.3) is 0 Å². The summed E-state index contributed by atoms with van der Waals surface area (Å²) in [5, 5.41) is -0.0402. The Labute approximate surface area is 137 Å². The zero-order valence-electron chi connectivity index (χ0n) is 11.3. The van der Waals surface area contributed by atoms with Crippen molar-refractivity contribution in [2.24, 2.45) is 0 Å². The number of nitrogens with zero attached hydrogens (tertiary/aromatic N) is 1. The molecule has 0 aliphatic rings. The predicted molar refractivity (Wildman–Crippen MR) is 87.0 cm³/mol. The van der Waals surface area contributed by atoms with Gasteiger partial charge in [0.1, 0.15) is 10.0 Å². The molecule has 0 aliphatic heterocycles. The van der Waals surface area contributed by atoms with Crippen LogP contribution in [0, 0.1) is 6.92 Å². The molecule has 0 saturated heterocycles. The highest BCUT2D eigenvalue weighted by atomic mass is 79.9. The molecule has 1 heterocycles. The Balaban J connectivity index is 2.08. The van der Waals surface area contributed by atoms with Crippen LogP contribution >= 0.6 is 27.5 Å². The normalized spacial score (nSPS) is 11.6. The fraction of sp³-hybridized carbons (Fsp3) is 0.214. The van der Waals surface area contributed by atoms with Gasteiger partial charge in [-0.2, -0.15) is 0 Å². The van der Waals surface area contributed by atoms with Gasteiger partial charge in [0.2, 0.25) is 10.0 Å². The van der Waals surface area contributed by atoms with Crippen molar-refractivity contribution in [3.63, 3.8) is 0 Å². The molecule has 2 rings (SSSR count). The van der Waals surface area contributed by atoms with Crippen molar-refractivity contribution in [1.82, 2.24) is 9.71 Å². The van der Waals surface area contributed by atoms with Crippen LogP contribution in [0.3, 0.4) is 0 Å². The topological polar surface area (TPSA) is 59.1 Å². The first-order chi connectivity index (χ1) is 9.90. The molecule has 1 aromatic heterocycles. The van der Waals surface area contributed by atoms with E-state index in [9.17, 15) is 8.42 Å². The second kappa shape index (κ2) is 6.87. The summed E-state index contributed by atoms with van der Waals surface area (Å²) >= 11 is 9.04. The summed E-state index contributed by atoms with van der Waals surface area (Å²) in [6.45, 7) is 2.30. The third-order valence-electron chi connectivity index (χ3n) is 3.01. The summed E-state index contributed by atoms with van der Waals surface area (Å²) in [6, 6.07) is 9.31. The van der Waals surface area contributed by atoms with Crippen LogP contribution in [0.4, 0.5) is 0 Å². The third-order valence-corrected chi connectivity index (χ3v) is 5.33. The molecule has 0 atom stereocenters. The van der Waals surface area contributed by atoms with Crippen LogP contribution in [0.5, 0.6) is 0 Å². The Morgan fingerprint density at radius 2 is 2.05 bits per heavy atom. The lowest BCUT2D eigenvalue weighted by molar-refractivity contribution is 0.581. The second-order valence-electron chi connectivity index (χ2n) is 4.52. The average molecular weight is 390 g/mol. The zero-order valence-corrected chi connectivity index (χ0v) is 14.5. The summed E-state index contributed by atoms with van der Waals surface area (Å²) in [5.41, 5.74) is 2.25. The van der Waals surface area contributed by atoms with E-state index in [1.165, 1.54) is 12.3 Å². The standard InChI is InChI=1S/C14H14BrClN2O2S/c1-10-4-2-3-5-11(10)6-7-18-21(19,20)13-8-12(15)9-17-14(13)16/h2-5,8-9,18H,6-7H2,1H3. The van der Waals surface area contributed by atoms with Crippen LogP contribution in [-0.2, 0) is 16.4 Å². The first kappa shape index (κ1) is 16.4. The van der Waals surface area contributed by atoms with E-state index in [2.05, 4.69) is 25.6 Å². The number of sulfonamides is 1. The largest absolute Gasteiger partial charge is 0.243 e. The van der Waals surface area contributed by atoms with Crippen molar-refractivity contribution in [1.29, 1.82) is 0 Å². The van der Waals surface area contributed by atoms with Gasteiger partial charge in [-0.1, -0.05) is 35.9 Å². The molecule has 0 saturated carbocycles. The van der Waals surface area contributed by atoms with E-state index in [4.69, 9.17) is 11.6 Å². The molecule has 112 valence electrons. The fourth-order valence-corrected chi connectivity index (χ4v) is 3.85. The number of aromatic nitrogens is 1. The average Bonchev–Trinajstić information content (AvgIpc) is 2.43.